The van der Waals surface area contributed by atoms with Crippen molar-refractivity contribution >= 4 is 29.5 Å². The van der Waals surface area contributed by atoms with Crippen LogP contribution in [0, 0.1) is 11.8 Å². The molecule has 2 aliphatic rings. The number of piperidine rings is 1. The Kier molecular flexibility index (Phi) is 10.3. The van der Waals surface area contributed by atoms with E-state index in [0.717, 1.165) is 45.6 Å². The molecule has 0 spiro atoms. The number of Topliss-reactive ketones (excluding diaryl/α,β-unsaturated/α-hetero) is 1. The van der Waals surface area contributed by atoms with Gasteiger partial charge in [0.05, 0.1) is 5.56 Å². The second-order valence-electron chi connectivity index (χ2n) is 11.2. The quantitative estimate of drug-likeness (QED) is 0.406. The number of aromatic nitrogens is 5. The molecule has 12 nitrogen and oxygen atoms in total. The van der Waals surface area contributed by atoms with Crippen LogP contribution in [0.3, 0.4) is 0 Å². The van der Waals surface area contributed by atoms with Gasteiger partial charge in [-0.25, -0.2) is 18.7 Å². The molecule has 14 heteroatoms. The molecule has 4 N–H and O–H groups in total. The highest BCUT2D eigenvalue weighted by Crippen LogP contribution is 2.29. The Morgan fingerprint density at radius 2 is 1.66 bits per heavy atom. The Labute approximate surface area is 238 Å². The molecule has 2 fully saturated rings. The molecule has 0 saturated carbocycles. The lowest BCUT2D eigenvalue weighted by molar-refractivity contribution is -0.132. The van der Waals surface area contributed by atoms with Crippen molar-refractivity contribution in [2.75, 3.05) is 62.2 Å². The van der Waals surface area contributed by atoms with Crippen LogP contribution >= 0.6 is 0 Å². The van der Waals surface area contributed by atoms with E-state index in [9.17, 15) is 18.4 Å². The molecule has 0 atom stereocenters. The van der Waals surface area contributed by atoms with E-state index in [0.29, 0.717) is 56.6 Å². The number of halogens is 2. The Morgan fingerprint density at radius 3 is 2.32 bits per heavy atom. The molecule has 0 aromatic carbocycles. The van der Waals surface area contributed by atoms with Crippen molar-refractivity contribution in [3.05, 3.63) is 11.9 Å². The van der Waals surface area contributed by atoms with Crippen molar-refractivity contribution in [3.8, 4) is 11.4 Å². The smallest absolute Gasteiger partial charge is 0.281 e. The first-order chi connectivity index (χ1) is 19.6. The van der Waals surface area contributed by atoms with Gasteiger partial charge in [0.2, 0.25) is 23.8 Å². The molecule has 224 valence electrons. The first kappa shape index (κ1) is 30.4. The number of nitrogens with zero attached hydrogens (tertiary/aromatic N) is 8. The molecule has 2 saturated heterocycles. The number of rotatable bonds is 11. The Bertz CT molecular complexity index is 1200. The predicted octanol–water partition coefficient (Wildman–Crippen LogP) is 2.58. The lowest BCUT2D eigenvalue weighted by Gasteiger charge is -2.39. The number of piperazine rings is 1. The fourth-order valence-electron chi connectivity index (χ4n) is 5.40. The number of carbonyl (C=O) groups excluding carboxylic acids is 2. The molecule has 1 amide bonds. The molecular formula is C27H40F2N10O2. The van der Waals surface area contributed by atoms with Crippen LogP contribution in [0.25, 0.3) is 11.4 Å². The summed E-state index contributed by atoms with van der Waals surface area (Å²) < 4.78 is 27.1. The number of ketones is 1. The maximum atomic E-state index is 13.6. The van der Waals surface area contributed by atoms with E-state index >= 15 is 0 Å². The molecule has 0 radical (unpaired) electrons. The largest absolute Gasteiger partial charge is 0.368 e. The van der Waals surface area contributed by atoms with E-state index < -0.39 is 12.1 Å². The Morgan fingerprint density at radius 1 is 0.951 bits per heavy atom. The van der Waals surface area contributed by atoms with Gasteiger partial charge in [-0.15, -0.1) is 0 Å². The first-order valence-electron chi connectivity index (χ1n) is 14.3. The third-order valence-electron chi connectivity index (χ3n) is 7.55. The van der Waals surface area contributed by atoms with Gasteiger partial charge in [-0.05, 0) is 31.1 Å². The van der Waals surface area contributed by atoms with Gasteiger partial charge in [-0.3, -0.25) is 14.5 Å². The number of hydrogen-bond donors (Lipinski definition) is 2. The highest BCUT2D eigenvalue weighted by Gasteiger charge is 2.27. The molecule has 0 unspecified atom stereocenters. The summed E-state index contributed by atoms with van der Waals surface area (Å²) >= 11 is 0. The molecule has 0 aliphatic carbocycles. The van der Waals surface area contributed by atoms with Gasteiger partial charge in [0.15, 0.2) is 5.82 Å². The summed E-state index contributed by atoms with van der Waals surface area (Å²) in [6.07, 6.45) is 2.35. The van der Waals surface area contributed by atoms with Gasteiger partial charge >= 0.3 is 0 Å². The Balaban J connectivity index is 1.24. The lowest BCUT2D eigenvalue weighted by atomic mass is 9.95. The molecule has 4 heterocycles. The summed E-state index contributed by atoms with van der Waals surface area (Å²) in [6.45, 7) is 9.40. The van der Waals surface area contributed by atoms with Gasteiger partial charge in [0, 0.05) is 71.3 Å². The lowest BCUT2D eigenvalue weighted by Crippen LogP contribution is -2.49. The maximum absolute atomic E-state index is 13.6. The van der Waals surface area contributed by atoms with E-state index in [1.165, 1.54) is 6.20 Å². The van der Waals surface area contributed by atoms with Gasteiger partial charge in [0.1, 0.15) is 11.5 Å². The van der Waals surface area contributed by atoms with Gasteiger partial charge in [-0.2, -0.15) is 15.0 Å². The number of nitrogens with two attached hydrogens (primary N) is 2. The highest BCUT2D eigenvalue weighted by molar-refractivity contribution is 5.80. The summed E-state index contributed by atoms with van der Waals surface area (Å²) in [5, 5.41) is 0. The summed E-state index contributed by atoms with van der Waals surface area (Å²) in [5.74, 6) is 1.22. The monoisotopic (exact) mass is 574 g/mol. The zero-order chi connectivity index (χ0) is 29.5. The topological polar surface area (TPSA) is 160 Å². The Hall–Kier alpha value is -3.55. The minimum Gasteiger partial charge on any atom is -0.368 e. The van der Waals surface area contributed by atoms with Crippen LogP contribution in [0.15, 0.2) is 6.20 Å². The molecule has 2 aromatic rings. The fraction of sp³-hybridized carbons (Fsp3) is 0.667. The summed E-state index contributed by atoms with van der Waals surface area (Å²) in [4.78, 5) is 50.9. The van der Waals surface area contributed by atoms with Crippen LogP contribution in [0.2, 0.25) is 0 Å². The number of anilines is 3. The van der Waals surface area contributed by atoms with Crippen LogP contribution < -0.4 is 16.4 Å². The highest BCUT2D eigenvalue weighted by atomic mass is 19.3. The van der Waals surface area contributed by atoms with Crippen LogP contribution in [0.1, 0.15) is 64.5 Å². The summed E-state index contributed by atoms with van der Waals surface area (Å²) in [5.41, 5.74) is 10.8. The van der Waals surface area contributed by atoms with Gasteiger partial charge in [0.25, 0.3) is 6.43 Å². The maximum Gasteiger partial charge on any atom is 0.281 e. The SMILES string of the molecule is CC(C)CC(=O)CCCC(=O)N1CCC(CN2CCN(c3nc(N)nc(-c4cnc(N)nc4C(F)F)n3)CC2)CC1. The number of likely N-dealkylation sites (tertiary alicyclic amines) is 1. The van der Waals surface area contributed by atoms with Crippen LogP contribution in [-0.4, -0.2) is 92.2 Å². The number of carbonyl (C=O) groups is 2. The second-order valence-corrected chi connectivity index (χ2v) is 11.2. The average molecular weight is 575 g/mol. The van der Waals surface area contributed by atoms with Gasteiger partial charge < -0.3 is 21.3 Å². The van der Waals surface area contributed by atoms with Crippen LogP contribution in [-0.2, 0) is 9.59 Å². The molecule has 0 bridgehead atoms. The zero-order valence-electron chi connectivity index (χ0n) is 23.8. The normalized spacial score (nSPS) is 17.0. The van der Waals surface area contributed by atoms with Crippen molar-refractivity contribution < 1.29 is 18.4 Å². The van der Waals surface area contributed by atoms with Crippen LogP contribution in [0.4, 0.5) is 26.6 Å². The average Bonchev–Trinajstić information content (AvgIpc) is 2.93. The number of nitrogen functional groups attached to an aromatic ring is 2. The number of amides is 1. The van der Waals surface area contributed by atoms with E-state index in [-0.39, 0.29) is 35.0 Å². The van der Waals surface area contributed by atoms with E-state index in [1.807, 2.05) is 23.6 Å². The van der Waals surface area contributed by atoms with E-state index in [1.54, 1.807) is 0 Å². The van der Waals surface area contributed by atoms with Crippen molar-refractivity contribution in [3.63, 3.8) is 0 Å². The van der Waals surface area contributed by atoms with Crippen molar-refractivity contribution in [2.45, 2.75) is 58.8 Å². The predicted molar refractivity (Wildman–Crippen MR) is 151 cm³/mol. The number of alkyl halides is 2. The summed E-state index contributed by atoms with van der Waals surface area (Å²) in [6, 6.07) is 0. The minimum atomic E-state index is -2.88. The third-order valence-corrected chi connectivity index (χ3v) is 7.55. The third kappa shape index (κ3) is 8.47. The summed E-state index contributed by atoms with van der Waals surface area (Å²) in [7, 11) is 0. The molecule has 41 heavy (non-hydrogen) atoms. The van der Waals surface area contributed by atoms with Gasteiger partial charge in [-0.1, -0.05) is 13.8 Å². The van der Waals surface area contributed by atoms with E-state index in [2.05, 4.69) is 29.8 Å². The molecule has 2 aromatic heterocycles. The standard InChI is InChI=1S/C27H40F2N10O2/c1-17(2)14-19(40)4-3-5-21(41)38-8-6-18(7-9-38)16-37-10-12-39(13-11-37)27-35-24(34-26(31)36-27)20-15-32-25(30)33-22(20)23(28)29/h15,17-18,23H,3-14,16H2,1-2H3,(H2,30,32,33)(H2,31,34,35,36). The molecule has 2 aliphatic heterocycles. The van der Waals surface area contributed by atoms with Crippen LogP contribution in [0.5, 0.6) is 0 Å². The zero-order valence-corrected chi connectivity index (χ0v) is 23.8. The minimum absolute atomic E-state index is 0.0197. The first-order valence-corrected chi connectivity index (χ1v) is 14.3. The fourth-order valence-corrected chi connectivity index (χ4v) is 5.40. The number of hydrogen-bond acceptors (Lipinski definition) is 11. The molecule has 4 rings (SSSR count). The van der Waals surface area contributed by atoms with Crippen molar-refractivity contribution in [1.82, 2.24) is 34.7 Å². The van der Waals surface area contributed by atoms with E-state index in [4.69, 9.17) is 11.5 Å². The molecular weight excluding hydrogens is 534 g/mol. The second kappa shape index (κ2) is 13.9. The van der Waals surface area contributed by atoms with Crippen molar-refractivity contribution in [2.24, 2.45) is 11.8 Å². The van der Waals surface area contributed by atoms with Crippen molar-refractivity contribution in [1.29, 1.82) is 0 Å².